The molecule has 2 nitrogen and oxygen atoms in total. The zero-order valence-electron chi connectivity index (χ0n) is 9.43. The van der Waals surface area contributed by atoms with Crippen molar-refractivity contribution in [3.05, 3.63) is 23.6 Å². The summed E-state index contributed by atoms with van der Waals surface area (Å²) in [5.74, 6) is -3.44. The highest BCUT2D eigenvalue weighted by atomic mass is 19.2. The lowest BCUT2D eigenvalue weighted by atomic mass is 10.3. The lowest BCUT2D eigenvalue weighted by Gasteiger charge is -2.22. The zero-order chi connectivity index (χ0) is 12.1. The third-order valence-electron chi connectivity index (χ3n) is 2.15. The predicted molar refractivity (Wildman–Crippen MR) is 56.9 cm³/mol. The van der Waals surface area contributed by atoms with E-state index >= 15 is 0 Å². The zero-order valence-corrected chi connectivity index (χ0v) is 9.43. The van der Waals surface area contributed by atoms with Crippen LogP contribution in [0.3, 0.4) is 0 Å². The van der Waals surface area contributed by atoms with Crippen molar-refractivity contribution in [3.63, 3.8) is 0 Å². The van der Waals surface area contributed by atoms with Crippen LogP contribution in [0.5, 0.6) is 0 Å². The van der Waals surface area contributed by atoms with E-state index in [1.807, 2.05) is 13.8 Å². The molecule has 0 aromatic carbocycles. The van der Waals surface area contributed by atoms with Gasteiger partial charge < -0.3 is 4.90 Å². The second-order valence-corrected chi connectivity index (χ2v) is 3.55. The second kappa shape index (κ2) is 5.72. The second-order valence-electron chi connectivity index (χ2n) is 3.55. The summed E-state index contributed by atoms with van der Waals surface area (Å²) in [6, 6.07) is 0.538. The van der Waals surface area contributed by atoms with Crippen molar-refractivity contribution >= 4 is 5.82 Å². The summed E-state index contributed by atoms with van der Waals surface area (Å²) in [7, 11) is 0. The largest absolute Gasteiger partial charge is 0.354 e. The van der Waals surface area contributed by atoms with Gasteiger partial charge in [0, 0.05) is 19.2 Å². The standard InChI is InChI=1S/C11H15F3N2/c1-3-5-16(6-4-2)11-9(13)7-8(12)10(14)15-11/h7H,3-6H2,1-2H3. The smallest absolute Gasteiger partial charge is 0.251 e. The Morgan fingerprint density at radius 1 is 1.06 bits per heavy atom. The third kappa shape index (κ3) is 2.87. The number of pyridine rings is 1. The van der Waals surface area contributed by atoms with Gasteiger partial charge in [-0.05, 0) is 12.8 Å². The van der Waals surface area contributed by atoms with Crippen molar-refractivity contribution in [2.24, 2.45) is 0 Å². The molecule has 1 rings (SSSR count). The highest BCUT2D eigenvalue weighted by Crippen LogP contribution is 2.19. The minimum atomic E-state index is -1.26. The molecule has 1 heterocycles. The SMILES string of the molecule is CCCN(CCC)c1nc(F)c(F)cc1F. The van der Waals surface area contributed by atoms with E-state index in [0.717, 1.165) is 12.8 Å². The molecular formula is C11H15F3N2. The van der Waals surface area contributed by atoms with Crippen LogP contribution in [0, 0.1) is 17.6 Å². The molecule has 0 atom stereocenters. The van der Waals surface area contributed by atoms with Crippen molar-refractivity contribution < 1.29 is 13.2 Å². The normalized spacial score (nSPS) is 10.6. The van der Waals surface area contributed by atoms with Crippen LogP contribution in [0.2, 0.25) is 0 Å². The van der Waals surface area contributed by atoms with Gasteiger partial charge in [-0.2, -0.15) is 9.37 Å². The average molecular weight is 232 g/mol. The quantitative estimate of drug-likeness (QED) is 0.725. The summed E-state index contributed by atoms with van der Waals surface area (Å²) in [6.45, 7) is 5.01. The van der Waals surface area contributed by atoms with E-state index in [4.69, 9.17) is 0 Å². The van der Waals surface area contributed by atoms with E-state index < -0.39 is 17.6 Å². The van der Waals surface area contributed by atoms with Gasteiger partial charge in [-0.1, -0.05) is 13.8 Å². The average Bonchev–Trinajstić information content (AvgIpc) is 2.23. The number of hydrogen-bond donors (Lipinski definition) is 0. The topological polar surface area (TPSA) is 16.1 Å². The minimum absolute atomic E-state index is 0.109. The van der Waals surface area contributed by atoms with Crippen LogP contribution in [-0.4, -0.2) is 18.1 Å². The van der Waals surface area contributed by atoms with Crippen molar-refractivity contribution in [3.8, 4) is 0 Å². The molecular weight excluding hydrogens is 217 g/mol. The molecule has 0 saturated heterocycles. The fourth-order valence-corrected chi connectivity index (χ4v) is 1.52. The van der Waals surface area contributed by atoms with Crippen LogP contribution in [0.15, 0.2) is 6.07 Å². The maximum Gasteiger partial charge on any atom is 0.251 e. The first-order valence-electron chi connectivity index (χ1n) is 5.36. The predicted octanol–water partition coefficient (Wildman–Crippen LogP) is 3.13. The number of halogens is 3. The molecule has 0 aliphatic carbocycles. The summed E-state index contributed by atoms with van der Waals surface area (Å²) < 4.78 is 39.0. The van der Waals surface area contributed by atoms with E-state index in [1.54, 1.807) is 4.90 Å². The Hall–Kier alpha value is -1.26. The molecule has 0 amide bonds. The van der Waals surface area contributed by atoms with Gasteiger partial charge >= 0.3 is 0 Å². The monoisotopic (exact) mass is 232 g/mol. The van der Waals surface area contributed by atoms with Crippen LogP contribution in [0.1, 0.15) is 26.7 Å². The Morgan fingerprint density at radius 3 is 2.12 bits per heavy atom. The first kappa shape index (κ1) is 12.8. The van der Waals surface area contributed by atoms with Gasteiger partial charge in [-0.25, -0.2) is 8.78 Å². The molecule has 0 aliphatic heterocycles. The number of nitrogens with zero attached hydrogens (tertiary/aromatic N) is 2. The van der Waals surface area contributed by atoms with E-state index in [9.17, 15) is 13.2 Å². The molecule has 0 bridgehead atoms. The maximum atomic E-state index is 13.4. The molecule has 0 N–H and O–H groups in total. The molecule has 0 saturated carbocycles. The Labute approximate surface area is 93.1 Å². The molecule has 0 spiro atoms. The fraction of sp³-hybridized carbons (Fsp3) is 0.545. The van der Waals surface area contributed by atoms with Gasteiger partial charge in [0.25, 0.3) is 5.95 Å². The van der Waals surface area contributed by atoms with Gasteiger partial charge in [-0.3, -0.25) is 0 Å². The molecule has 0 unspecified atom stereocenters. The summed E-state index contributed by atoms with van der Waals surface area (Å²) in [6.07, 6.45) is 1.58. The Morgan fingerprint density at radius 2 is 1.62 bits per heavy atom. The molecule has 0 fully saturated rings. The summed E-state index contributed by atoms with van der Waals surface area (Å²) >= 11 is 0. The molecule has 90 valence electrons. The van der Waals surface area contributed by atoms with Crippen LogP contribution < -0.4 is 4.90 Å². The maximum absolute atomic E-state index is 13.4. The first-order chi connectivity index (χ1) is 7.60. The third-order valence-corrected chi connectivity index (χ3v) is 2.15. The highest BCUT2D eigenvalue weighted by molar-refractivity contribution is 5.39. The molecule has 1 aromatic heterocycles. The number of rotatable bonds is 5. The molecule has 0 aliphatic rings. The van der Waals surface area contributed by atoms with E-state index in [0.29, 0.717) is 19.2 Å². The van der Waals surface area contributed by atoms with Gasteiger partial charge in [0.2, 0.25) is 0 Å². The van der Waals surface area contributed by atoms with Crippen molar-refractivity contribution in [1.29, 1.82) is 0 Å². The minimum Gasteiger partial charge on any atom is -0.354 e. The molecule has 1 aromatic rings. The summed E-state index contributed by atoms with van der Waals surface area (Å²) in [5, 5.41) is 0. The Bertz CT molecular complexity index is 349. The molecule has 16 heavy (non-hydrogen) atoms. The van der Waals surface area contributed by atoms with Crippen LogP contribution in [0.25, 0.3) is 0 Å². The number of hydrogen-bond acceptors (Lipinski definition) is 2. The highest BCUT2D eigenvalue weighted by Gasteiger charge is 2.16. The first-order valence-corrected chi connectivity index (χ1v) is 5.36. The van der Waals surface area contributed by atoms with E-state index in [1.165, 1.54) is 0 Å². The lowest BCUT2D eigenvalue weighted by Crippen LogP contribution is -2.27. The molecule has 0 radical (unpaired) electrons. The van der Waals surface area contributed by atoms with Crippen molar-refractivity contribution in [2.45, 2.75) is 26.7 Å². The summed E-state index contributed by atoms with van der Waals surface area (Å²) in [5.41, 5.74) is 0. The number of anilines is 1. The van der Waals surface area contributed by atoms with Crippen molar-refractivity contribution in [1.82, 2.24) is 4.98 Å². The van der Waals surface area contributed by atoms with Gasteiger partial charge in [0.1, 0.15) is 0 Å². The fourth-order valence-electron chi connectivity index (χ4n) is 1.52. The van der Waals surface area contributed by atoms with E-state index in [-0.39, 0.29) is 5.82 Å². The van der Waals surface area contributed by atoms with Crippen LogP contribution >= 0.6 is 0 Å². The molecule has 5 heteroatoms. The summed E-state index contributed by atoms with van der Waals surface area (Å²) in [4.78, 5) is 4.94. The lowest BCUT2D eigenvalue weighted by molar-refractivity contribution is 0.462. The van der Waals surface area contributed by atoms with Gasteiger partial charge in [0.15, 0.2) is 17.5 Å². The van der Waals surface area contributed by atoms with Gasteiger partial charge in [-0.15, -0.1) is 0 Å². The Kier molecular flexibility index (Phi) is 4.58. The van der Waals surface area contributed by atoms with Crippen LogP contribution in [-0.2, 0) is 0 Å². The van der Waals surface area contributed by atoms with Crippen molar-refractivity contribution in [2.75, 3.05) is 18.0 Å². The Balaban J connectivity index is 3.03. The van der Waals surface area contributed by atoms with E-state index in [2.05, 4.69) is 4.98 Å². The number of aromatic nitrogens is 1. The van der Waals surface area contributed by atoms with Gasteiger partial charge in [0.05, 0.1) is 0 Å². The van der Waals surface area contributed by atoms with Crippen LogP contribution in [0.4, 0.5) is 19.0 Å².